The summed E-state index contributed by atoms with van der Waals surface area (Å²) in [4.78, 5) is 37.7. The van der Waals surface area contributed by atoms with Gasteiger partial charge in [0.1, 0.15) is 5.75 Å². The van der Waals surface area contributed by atoms with Crippen molar-refractivity contribution in [2.75, 3.05) is 24.7 Å². The van der Waals surface area contributed by atoms with Crippen molar-refractivity contribution in [2.45, 2.75) is 38.1 Å². The second kappa shape index (κ2) is 9.64. The molecule has 2 aliphatic rings. The Kier molecular flexibility index (Phi) is 6.50. The van der Waals surface area contributed by atoms with Crippen LogP contribution in [0, 0.1) is 0 Å². The number of carbonyl (C=O) groups is 3. The molecule has 1 N–H and O–H groups in total. The van der Waals surface area contributed by atoms with E-state index >= 15 is 0 Å². The first-order valence-electron chi connectivity index (χ1n) is 10.7. The molecule has 2 amide bonds. The number of hydrogen-bond donors (Lipinski definition) is 1. The number of hydrogen-bond acceptors (Lipinski definition) is 5. The van der Waals surface area contributed by atoms with Crippen LogP contribution in [0.1, 0.15) is 42.9 Å². The van der Waals surface area contributed by atoms with Gasteiger partial charge in [-0.1, -0.05) is 24.3 Å². The van der Waals surface area contributed by atoms with Crippen LogP contribution in [0.25, 0.3) is 0 Å². The Morgan fingerprint density at radius 2 is 1.81 bits per heavy atom. The molecular weight excluding hydrogens is 396 g/mol. The van der Waals surface area contributed by atoms with Gasteiger partial charge >= 0.3 is 5.97 Å². The molecule has 0 aromatic heterocycles. The van der Waals surface area contributed by atoms with Gasteiger partial charge in [0.15, 0.2) is 13.2 Å². The van der Waals surface area contributed by atoms with Crippen LogP contribution in [-0.2, 0) is 25.5 Å². The summed E-state index contributed by atoms with van der Waals surface area (Å²) < 4.78 is 10.5. The van der Waals surface area contributed by atoms with E-state index in [4.69, 9.17) is 9.47 Å². The zero-order valence-corrected chi connectivity index (χ0v) is 17.3. The van der Waals surface area contributed by atoms with Crippen molar-refractivity contribution >= 4 is 23.5 Å². The minimum absolute atomic E-state index is 0.0478. The van der Waals surface area contributed by atoms with E-state index in [0.717, 1.165) is 43.5 Å². The molecule has 162 valence electrons. The van der Waals surface area contributed by atoms with E-state index in [1.807, 2.05) is 18.2 Å². The fourth-order valence-electron chi connectivity index (χ4n) is 4.11. The first-order chi connectivity index (χ1) is 15.1. The van der Waals surface area contributed by atoms with Crippen LogP contribution in [-0.4, -0.2) is 37.5 Å². The van der Waals surface area contributed by atoms with Crippen LogP contribution in [0.15, 0.2) is 48.5 Å². The first kappa shape index (κ1) is 20.9. The number of amides is 2. The summed E-state index contributed by atoms with van der Waals surface area (Å²) in [5, 5.41) is 2.95. The maximum Gasteiger partial charge on any atom is 0.344 e. The van der Waals surface area contributed by atoms with Crippen molar-refractivity contribution in [2.24, 2.45) is 0 Å². The van der Waals surface area contributed by atoms with E-state index in [9.17, 15) is 14.4 Å². The number of nitrogens with one attached hydrogen (secondary N) is 1. The number of aryl methyl sites for hydroxylation is 1. The lowest BCUT2D eigenvalue weighted by Crippen LogP contribution is -2.34. The van der Waals surface area contributed by atoms with Gasteiger partial charge in [-0.15, -0.1) is 0 Å². The molecule has 31 heavy (non-hydrogen) atoms. The summed E-state index contributed by atoms with van der Waals surface area (Å²) in [7, 11) is 0. The van der Waals surface area contributed by atoms with Gasteiger partial charge in [-0.25, -0.2) is 4.79 Å². The maximum absolute atomic E-state index is 12.2. The van der Waals surface area contributed by atoms with Crippen molar-refractivity contribution in [3.63, 3.8) is 0 Å². The smallest absolute Gasteiger partial charge is 0.344 e. The molecular formula is C24H26N2O5. The fraction of sp³-hybridized carbons (Fsp3) is 0.375. The lowest BCUT2D eigenvalue weighted by Gasteiger charge is -2.26. The molecule has 7 heteroatoms. The molecule has 0 saturated carbocycles. The number of nitrogens with zero attached hydrogens (tertiary/aromatic N) is 1. The summed E-state index contributed by atoms with van der Waals surface area (Å²) in [6, 6.07) is 15.0. The summed E-state index contributed by atoms with van der Waals surface area (Å²) >= 11 is 0. The Bertz CT molecular complexity index is 957. The van der Waals surface area contributed by atoms with E-state index in [1.54, 1.807) is 29.2 Å². The Morgan fingerprint density at radius 3 is 2.58 bits per heavy atom. The Balaban J connectivity index is 1.20. The van der Waals surface area contributed by atoms with E-state index in [0.29, 0.717) is 12.2 Å². The van der Waals surface area contributed by atoms with E-state index < -0.39 is 5.97 Å². The number of rotatable bonds is 7. The highest BCUT2D eigenvalue weighted by Crippen LogP contribution is 2.29. The quantitative estimate of drug-likeness (QED) is 0.694. The topological polar surface area (TPSA) is 84.9 Å². The normalized spacial score (nSPS) is 17.7. The average Bonchev–Trinajstić information content (AvgIpc) is 3.23. The highest BCUT2D eigenvalue weighted by molar-refractivity contribution is 5.95. The van der Waals surface area contributed by atoms with Crippen LogP contribution < -0.4 is 15.0 Å². The molecule has 7 nitrogen and oxygen atoms in total. The van der Waals surface area contributed by atoms with Gasteiger partial charge in [0.2, 0.25) is 5.91 Å². The molecule has 0 spiro atoms. The zero-order chi connectivity index (χ0) is 21.6. The van der Waals surface area contributed by atoms with E-state index in [2.05, 4.69) is 11.4 Å². The predicted molar refractivity (Wildman–Crippen MR) is 115 cm³/mol. The summed E-state index contributed by atoms with van der Waals surface area (Å²) in [6.45, 7) is 0.0955. The van der Waals surface area contributed by atoms with Crippen molar-refractivity contribution in [3.05, 3.63) is 59.7 Å². The van der Waals surface area contributed by atoms with Gasteiger partial charge in [0.25, 0.3) is 5.91 Å². The molecule has 1 atom stereocenters. The van der Waals surface area contributed by atoms with Crippen LogP contribution >= 0.6 is 0 Å². The summed E-state index contributed by atoms with van der Waals surface area (Å²) in [6.07, 6.45) is 4.35. The molecule has 1 aliphatic heterocycles. The van der Waals surface area contributed by atoms with Gasteiger partial charge in [-0.2, -0.15) is 0 Å². The molecule has 0 unspecified atom stereocenters. The molecule has 1 heterocycles. The number of esters is 1. The van der Waals surface area contributed by atoms with Gasteiger partial charge in [0, 0.05) is 18.7 Å². The number of carbonyl (C=O) groups excluding carboxylic acids is 3. The highest BCUT2D eigenvalue weighted by atomic mass is 16.6. The molecule has 1 fully saturated rings. The second-order valence-corrected chi connectivity index (χ2v) is 7.80. The van der Waals surface area contributed by atoms with E-state index in [1.165, 1.54) is 5.56 Å². The molecule has 0 bridgehead atoms. The Labute approximate surface area is 181 Å². The first-order valence-corrected chi connectivity index (χ1v) is 10.7. The van der Waals surface area contributed by atoms with Gasteiger partial charge in [-0.05, 0) is 61.1 Å². The molecule has 1 saturated heterocycles. The van der Waals surface area contributed by atoms with Crippen molar-refractivity contribution in [1.29, 1.82) is 0 Å². The SMILES string of the molecule is O=C(COC(=O)COc1ccc(N2CCCC2=O)cc1)N[C@@H]1CCCc2ccccc21. The van der Waals surface area contributed by atoms with Gasteiger partial charge in [0.05, 0.1) is 6.04 Å². The minimum Gasteiger partial charge on any atom is -0.482 e. The second-order valence-electron chi connectivity index (χ2n) is 7.80. The van der Waals surface area contributed by atoms with Crippen LogP contribution in [0.4, 0.5) is 5.69 Å². The molecule has 2 aromatic rings. The molecule has 0 radical (unpaired) electrons. The van der Waals surface area contributed by atoms with Crippen molar-refractivity contribution < 1.29 is 23.9 Å². The standard InChI is InChI=1S/C24H26N2O5/c27-22(25-21-8-3-6-17-5-1-2-7-20(17)21)15-31-24(29)16-30-19-12-10-18(11-13-19)26-14-4-9-23(26)28/h1-2,5,7,10-13,21H,3-4,6,8-9,14-16H2,(H,25,27)/t21-/m1/s1. The predicted octanol–water partition coefficient (Wildman–Crippen LogP) is 2.93. The Morgan fingerprint density at radius 1 is 1.00 bits per heavy atom. The Hall–Kier alpha value is -3.35. The largest absolute Gasteiger partial charge is 0.482 e. The lowest BCUT2D eigenvalue weighted by atomic mass is 9.88. The number of fused-ring (bicyclic) bond motifs is 1. The van der Waals surface area contributed by atoms with Crippen LogP contribution in [0.2, 0.25) is 0 Å². The summed E-state index contributed by atoms with van der Waals surface area (Å²) in [5.74, 6) is -0.324. The molecule has 4 rings (SSSR count). The maximum atomic E-state index is 12.2. The van der Waals surface area contributed by atoms with Crippen molar-refractivity contribution in [1.82, 2.24) is 5.32 Å². The monoisotopic (exact) mass is 422 g/mol. The minimum atomic E-state index is -0.613. The number of anilines is 1. The zero-order valence-electron chi connectivity index (χ0n) is 17.3. The third-order valence-electron chi connectivity index (χ3n) is 5.65. The van der Waals surface area contributed by atoms with Crippen molar-refractivity contribution in [3.8, 4) is 5.75 Å². The molecule has 1 aliphatic carbocycles. The van der Waals surface area contributed by atoms with E-state index in [-0.39, 0.29) is 31.1 Å². The summed E-state index contributed by atoms with van der Waals surface area (Å²) in [5.41, 5.74) is 3.21. The van der Waals surface area contributed by atoms with Gasteiger partial charge in [-0.3, -0.25) is 9.59 Å². The number of ether oxygens (including phenoxy) is 2. The lowest BCUT2D eigenvalue weighted by molar-refractivity contribution is -0.150. The number of benzene rings is 2. The fourth-order valence-corrected chi connectivity index (χ4v) is 4.11. The third-order valence-corrected chi connectivity index (χ3v) is 5.65. The molecule has 2 aromatic carbocycles. The average molecular weight is 422 g/mol. The van der Waals surface area contributed by atoms with Crippen LogP contribution in [0.5, 0.6) is 5.75 Å². The van der Waals surface area contributed by atoms with Gasteiger partial charge < -0.3 is 19.7 Å². The van der Waals surface area contributed by atoms with Crippen LogP contribution in [0.3, 0.4) is 0 Å². The third kappa shape index (κ3) is 5.23. The highest BCUT2D eigenvalue weighted by Gasteiger charge is 2.22.